The minimum absolute atomic E-state index is 0.184. The van der Waals surface area contributed by atoms with Crippen molar-refractivity contribution < 1.29 is 9.13 Å². The molecule has 2 aromatic rings. The van der Waals surface area contributed by atoms with Crippen LogP contribution in [0, 0.1) is 0 Å². The Hall–Kier alpha value is -1.53. The summed E-state index contributed by atoms with van der Waals surface area (Å²) in [6.45, 7) is 12.1. The van der Waals surface area contributed by atoms with E-state index in [2.05, 4.69) is 75.6 Å². The highest BCUT2D eigenvalue weighted by molar-refractivity contribution is 7.25. The molecule has 1 aliphatic rings. The van der Waals surface area contributed by atoms with Gasteiger partial charge in [-0.05, 0) is 55.9 Å². The predicted molar refractivity (Wildman–Crippen MR) is 114 cm³/mol. The molecule has 3 rings (SSSR count). The standard InChI is InChI=1S/C24H33NOP/c1-6-10-12-18-15-16-20-19(17-18)21-13-11-14-22(25(21)9-4)24(8-3,27-26)23(20,5)7-2/h11,13-17H,6-10,12H2,1-5H3/q+1. The van der Waals surface area contributed by atoms with Crippen LogP contribution in [0.4, 0.5) is 0 Å². The Balaban J connectivity index is 2.40. The maximum absolute atomic E-state index is 12.8. The first-order chi connectivity index (χ1) is 13.0. The minimum Gasteiger partial charge on any atom is -0.274 e. The molecule has 1 aliphatic heterocycles. The molecule has 0 aliphatic carbocycles. The van der Waals surface area contributed by atoms with Gasteiger partial charge in [-0.3, -0.25) is 4.57 Å². The van der Waals surface area contributed by atoms with Crippen molar-refractivity contribution in [2.24, 2.45) is 0 Å². The zero-order valence-electron chi connectivity index (χ0n) is 17.5. The van der Waals surface area contributed by atoms with Gasteiger partial charge in [-0.15, -0.1) is 0 Å². The van der Waals surface area contributed by atoms with Gasteiger partial charge in [0.1, 0.15) is 11.7 Å². The van der Waals surface area contributed by atoms with Crippen molar-refractivity contribution in [3.8, 4) is 11.3 Å². The average Bonchev–Trinajstić information content (AvgIpc) is 2.75. The molecule has 1 aromatic heterocycles. The number of fused-ring (bicyclic) bond motifs is 4. The number of benzene rings is 1. The molecular formula is C24H33NOP+. The van der Waals surface area contributed by atoms with E-state index in [1.165, 1.54) is 40.9 Å². The smallest absolute Gasteiger partial charge is 0.213 e. The maximum Gasteiger partial charge on any atom is 0.213 e. The van der Waals surface area contributed by atoms with E-state index >= 15 is 0 Å². The second-order valence-electron chi connectivity index (χ2n) is 8.01. The lowest BCUT2D eigenvalue weighted by molar-refractivity contribution is -0.692. The van der Waals surface area contributed by atoms with E-state index in [0.29, 0.717) is 0 Å². The van der Waals surface area contributed by atoms with Crippen LogP contribution in [0.2, 0.25) is 0 Å². The molecular weight excluding hydrogens is 349 g/mol. The SMILES string of the molecule is CCCCc1ccc2c(c1)-c1cccc([n+]1CC)C(CC)(P=O)C2(C)CC. The quantitative estimate of drug-likeness (QED) is 0.391. The van der Waals surface area contributed by atoms with Crippen LogP contribution in [0.5, 0.6) is 0 Å². The first-order valence-corrected chi connectivity index (χ1v) is 11.4. The van der Waals surface area contributed by atoms with Crippen molar-refractivity contribution in [3.05, 3.63) is 53.2 Å². The van der Waals surface area contributed by atoms with Crippen LogP contribution in [0.1, 0.15) is 77.1 Å². The molecule has 0 amide bonds. The van der Waals surface area contributed by atoms with E-state index in [1.54, 1.807) is 0 Å². The lowest BCUT2D eigenvalue weighted by Crippen LogP contribution is -2.50. The van der Waals surface area contributed by atoms with E-state index in [-0.39, 0.29) is 13.9 Å². The fraction of sp³-hybridized carbons (Fsp3) is 0.542. The molecule has 2 heterocycles. The number of aromatic nitrogens is 1. The summed E-state index contributed by atoms with van der Waals surface area (Å²) >= 11 is 0. The average molecular weight is 383 g/mol. The van der Waals surface area contributed by atoms with E-state index in [0.717, 1.165) is 25.8 Å². The van der Waals surface area contributed by atoms with Crippen LogP contribution in [0.3, 0.4) is 0 Å². The summed E-state index contributed by atoms with van der Waals surface area (Å²) in [7, 11) is 0.217. The summed E-state index contributed by atoms with van der Waals surface area (Å²) in [5, 5.41) is -0.413. The van der Waals surface area contributed by atoms with Gasteiger partial charge in [-0.2, -0.15) is 4.57 Å². The summed E-state index contributed by atoms with van der Waals surface area (Å²) < 4.78 is 15.2. The van der Waals surface area contributed by atoms with E-state index in [9.17, 15) is 4.57 Å². The number of pyridine rings is 1. The minimum atomic E-state index is -0.413. The molecule has 0 N–H and O–H groups in total. The van der Waals surface area contributed by atoms with Gasteiger partial charge in [0.25, 0.3) is 0 Å². The van der Waals surface area contributed by atoms with Gasteiger partial charge in [0.2, 0.25) is 11.4 Å². The fourth-order valence-corrected chi connectivity index (χ4v) is 5.97. The third-order valence-electron chi connectivity index (χ3n) is 6.89. The summed E-state index contributed by atoms with van der Waals surface area (Å²) in [5.41, 5.74) is 6.37. The Morgan fingerprint density at radius 3 is 2.41 bits per heavy atom. The van der Waals surface area contributed by atoms with Crippen molar-refractivity contribution in [1.82, 2.24) is 0 Å². The van der Waals surface area contributed by atoms with Gasteiger partial charge in [-0.25, -0.2) is 0 Å². The Labute approximate surface area is 166 Å². The van der Waals surface area contributed by atoms with Gasteiger partial charge in [0.05, 0.1) is 5.56 Å². The predicted octanol–water partition coefficient (Wildman–Crippen LogP) is 6.58. The third kappa shape index (κ3) is 2.88. The normalized spacial score (nSPS) is 23.9. The zero-order chi connectivity index (χ0) is 19.7. The Bertz CT molecular complexity index is 846. The highest BCUT2D eigenvalue weighted by Gasteiger charge is 2.57. The van der Waals surface area contributed by atoms with Crippen LogP contribution in [0.15, 0.2) is 36.4 Å². The Morgan fingerprint density at radius 1 is 1.04 bits per heavy atom. The molecule has 0 spiro atoms. The molecule has 1 aromatic carbocycles. The highest BCUT2D eigenvalue weighted by Crippen LogP contribution is 2.57. The summed E-state index contributed by atoms with van der Waals surface area (Å²) in [5.74, 6) is 0. The van der Waals surface area contributed by atoms with Crippen LogP contribution in [-0.2, 0) is 28.1 Å². The molecule has 2 nitrogen and oxygen atoms in total. The molecule has 0 saturated heterocycles. The topological polar surface area (TPSA) is 20.9 Å². The third-order valence-corrected chi connectivity index (χ3v) is 8.24. The maximum atomic E-state index is 12.8. The van der Waals surface area contributed by atoms with Crippen molar-refractivity contribution in [3.63, 3.8) is 0 Å². The van der Waals surface area contributed by atoms with Crippen molar-refractivity contribution in [1.29, 1.82) is 0 Å². The molecule has 144 valence electrons. The molecule has 0 fully saturated rings. The second-order valence-corrected chi connectivity index (χ2v) is 8.96. The number of hydrogen-bond donors (Lipinski definition) is 0. The summed E-state index contributed by atoms with van der Waals surface area (Å²) in [6.07, 6.45) is 5.36. The molecule has 27 heavy (non-hydrogen) atoms. The molecule has 0 saturated carbocycles. The van der Waals surface area contributed by atoms with E-state index < -0.39 is 5.16 Å². The molecule has 2 atom stereocenters. The van der Waals surface area contributed by atoms with Crippen LogP contribution in [-0.4, -0.2) is 0 Å². The van der Waals surface area contributed by atoms with Gasteiger partial charge in [-0.1, -0.05) is 46.2 Å². The lowest BCUT2D eigenvalue weighted by Gasteiger charge is -2.41. The lowest BCUT2D eigenvalue weighted by atomic mass is 9.66. The zero-order valence-corrected chi connectivity index (χ0v) is 18.4. The second kappa shape index (κ2) is 7.84. The molecule has 3 heteroatoms. The van der Waals surface area contributed by atoms with Crippen LogP contribution in [0.25, 0.3) is 11.3 Å². The van der Waals surface area contributed by atoms with Crippen LogP contribution < -0.4 is 4.57 Å². The first-order valence-electron chi connectivity index (χ1n) is 10.5. The molecule has 0 radical (unpaired) electrons. The number of hydrogen-bond acceptors (Lipinski definition) is 1. The first kappa shape index (κ1) is 20.2. The van der Waals surface area contributed by atoms with Gasteiger partial charge >= 0.3 is 0 Å². The van der Waals surface area contributed by atoms with Gasteiger partial charge in [0.15, 0.2) is 8.46 Å². The highest BCUT2D eigenvalue weighted by atomic mass is 31.1. The Morgan fingerprint density at radius 2 is 1.81 bits per heavy atom. The van der Waals surface area contributed by atoms with Crippen molar-refractivity contribution in [2.75, 3.05) is 0 Å². The summed E-state index contributed by atoms with van der Waals surface area (Å²) in [6, 6.07) is 13.6. The van der Waals surface area contributed by atoms with Gasteiger partial charge < -0.3 is 0 Å². The van der Waals surface area contributed by atoms with Crippen molar-refractivity contribution >= 4 is 8.46 Å². The molecule has 2 bridgehead atoms. The van der Waals surface area contributed by atoms with Crippen LogP contribution >= 0.6 is 8.46 Å². The monoisotopic (exact) mass is 382 g/mol. The number of nitrogens with zero attached hydrogens (tertiary/aromatic N) is 1. The molecule has 2 unspecified atom stereocenters. The van der Waals surface area contributed by atoms with Crippen molar-refractivity contribution in [2.45, 2.75) is 83.8 Å². The summed E-state index contributed by atoms with van der Waals surface area (Å²) in [4.78, 5) is 0. The Kier molecular flexibility index (Phi) is 5.87. The number of unbranched alkanes of at least 4 members (excludes halogenated alkanes) is 1. The fourth-order valence-electron chi connectivity index (χ4n) is 5.07. The van der Waals surface area contributed by atoms with E-state index in [1.807, 2.05) is 0 Å². The van der Waals surface area contributed by atoms with E-state index in [4.69, 9.17) is 0 Å². The van der Waals surface area contributed by atoms with Gasteiger partial charge in [0, 0.05) is 17.5 Å². The largest absolute Gasteiger partial charge is 0.274 e. The number of rotatable bonds is 7. The number of aryl methyl sites for hydroxylation is 1.